The number of carbonyl (C=O) groups is 2. The average molecular weight is 326 g/mol. The number of ketones is 1. The fraction of sp³-hybridized carbons (Fsp3) is 0.500. The van der Waals surface area contributed by atoms with E-state index < -0.39 is 18.2 Å². The molecule has 1 rings (SSSR count). The number of aliphatic hydroxyl groups is 2. The maximum atomic E-state index is 11.9. The average Bonchev–Trinajstić information content (AvgIpc) is 2.52. The monoisotopic (exact) mass is 326 g/mol. The first-order valence-corrected chi connectivity index (χ1v) is 7.88. The fourth-order valence-electron chi connectivity index (χ4n) is 1.97. The molecule has 0 saturated carbocycles. The van der Waals surface area contributed by atoms with E-state index in [0.717, 1.165) is 0 Å². The highest BCUT2D eigenvalue weighted by molar-refractivity contribution is 7.80. The van der Waals surface area contributed by atoms with Crippen LogP contribution in [0.4, 0.5) is 0 Å². The van der Waals surface area contributed by atoms with Gasteiger partial charge in [-0.2, -0.15) is 12.6 Å². The van der Waals surface area contributed by atoms with Crippen molar-refractivity contribution in [1.29, 1.82) is 0 Å². The van der Waals surface area contributed by atoms with Gasteiger partial charge >= 0.3 is 5.97 Å². The highest BCUT2D eigenvalue weighted by Crippen LogP contribution is 2.20. The standard InChI is InChI=1S/C16H22O5S/c1-2-21-15(19)8-7-13(17)11-3-5-12(6-4-11)16(20)14(18)9-10-22/h3-6,14,16,18,20,22H,2,7-10H2,1H3. The molecule has 0 bridgehead atoms. The van der Waals surface area contributed by atoms with Gasteiger partial charge in [0, 0.05) is 12.0 Å². The van der Waals surface area contributed by atoms with Crippen molar-refractivity contribution in [1.82, 2.24) is 0 Å². The molecule has 1 aromatic rings. The highest BCUT2D eigenvalue weighted by Gasteiger charge is 2.18. The number of thiol groups is 1. The van der Waals surface area contributed by atoms with Crippen LogP contribution in [0.2, 0.25) is 0 Å². The van der Waals surface area contributed by atoms with Crippen LogP contribution in [0, 0.1) is 0 Å². The van der Waals surface area contributed by atoms with E-state index in [1.54, 1.807) is 31.2 Å². The molecule has 0 heterocycles. The minimum absolute atomic E-state index is 0.0533. The Kier molecular flexibility index (Phi) is 8.16. The summed E-state index contributed by atoms with van der Waals surface area (Å²) in [6.07, 6.45) is -1.37. The molecule has 0 aliphatic carbocycles. The van der Waals surface area contributed by atoms with Crippen LogP contribution in [0.3, 0.4) is 0 Å². The third-order valence-electron chi connectivity index (χ3n) is 3.23. The maximum Gasteiger partial charge on any atom is 0.306 e. The SMILES string of the molecule is CCOC(=O)CCC(=O)c1ccc(C(O)C(O)CCS)cc1. The first-order valence-electron chi connectivity index (χ1n) is 7.25. The normalized spacial score (nSPS) is 13.5. The molecule has 122 valence electrons. The zero-order valence-corrected chi connectivity index (χ0v) is 13.5. The Morgan fingerprint density at radius 1 is 1.18 bits per heavy atom. The van der Waals surface area contributed by atoms with Crippen LogP contribution in [-0.4, -0.2) is 40.4 Å². The lowest BCUT2D eigenvalue weighted by Crippen LogP contribution is -2.18. The van der Waals surface area contributed by atoms with Crippen LogP contribution in [0.15, 0.2) is 24.3 Å². The highest BCUT2D eigenvalue weighted by atomic mass is 32.1. The lowest BCUT2D eigenvalue weighted by molar-refractivity contribution is -0.143. The maximum absolute atomic E-state index is 11.9. The minimum Gasteiger partial charge on any atom is -0.466 e. The number of hydrogen-bond donors (Lipinski definition) is 3. The topological polar surface area (TPSA) is 83.8 Å². The van der Waals surface area contributed by atoms with Gasteiger partial charge in [-0.3, -0.25) is 9.59 Å². The molecular formula is C16H22O5S. The molecule has 0 fully saturated rings. The summed E-state index contributed by atoms with van der Waals surface area (Å²) in [6, 6.07) is 6.37. The molecule has 2 unspecified atom stereocenters. The second kappa shape index (κ2) is 9.61. The predicted octanol–water partition coefficient (Wildman–Crippen LogP) is 1.93. The smallest absolute Gasteiger partial charge is 0.306 e. The summed E-state index contributed by atoms with van der Waals surface area (Å²) in [5.41, 5.74) is 1.00. The van der Waals surface area contributed by atoms with Gasteiger partial charge in [-0.1, -0.05) is 24.3 Å². The lowest BCUT2D eigenvalue weighted by atomic mass is 9.99. The molecule has 0 saturated heterocycles. The summed E-state index contributed by atoms with van der Waals surface area (Å²) >= 11 is 4.01. The molecular weight excluding hydrogens is 304 g/mol. The summed E-state index contributed by atoms with van der Waals surface area (Å²) < 4.78 is 4.77. The molecule has 22 heavy (non-hydrogen) atoms. The molecule has 2 atom stereocenters. The summed E-state index contributed by atoms with van der Waals surface area (Å²) in [5, 5.41) is 19.7. The number of ether oxygens (including phenoxy) is 1. The zero-order valence-electron chi connectivity index (χ0n) is 12.6. The molecule has 0 radical (unpaired) electrons. The van der Waals surface area contributed by atoms with Gasteiger partial charge in [0.15, 0.2) is 5.78 Å². The molecule has 5 nitrogen and oxygen atoms in total. The van der Waals surface area contributed by atoms with Crippen LogP contribution in [-0.2, 0) is 9.53 Å². The van der Waals surface area contributed by atoms with Gasteiger partial charge in [0.2, 0.25) is 0 Å². The van der Waals surface area contributed by atoms with Crippen LogP contribution in [0.25, 0.3) is 0 Å². The third-order valence-corrected chi connectivity index (χ3v) is 3.48. The Bertz CT molecular complexity index is 486. The largest absolute Gasteiger partial charge is 0.466 e. The Hall–Kier alpha value is -1.37. The van der Waals surface area contributed by atoms with Crippen molar-refractivity contribution in [3.63, 3.8) is 0 Å². The van der Waals surface area contributed by atoms with Gasteiger partial charge in [0.25, 0.3) is 0 Å². The van der Waals surface area contributed by atoms with Gasteiger partial charge < -0.3 is 14.9 Å². The van der Waals surface area contributed by atoms with Crippen LogP contribution in [0.1, 0.15) is 48.2 Å². The predicted molar refractivity (Wildman–Crippen MR) is 86.1 cm³/mol. The zero-order chi connectivity index (χ0) is 16.5. The van der Waals surface area contributed by atoms with Crippen molar-refractivity contribution in [2.24, 2.45) is 0 Å². The van der Waals surface area contributed by atoms with E-state index in [1.807, 2.05) is 0 Å². The third kappa shape index (κ3) is 5.79. The van der Waals surface area contributed by atoms with Crippen molar-refractivity contribution >= 4 is 24.4 Å². The minimum atomic E-state index is -1.00. The Labute approximate surface area is 135 Å². The van der Waals surface area contributed by atoms with Gasteiger partial charge in [0.1, 0.15) is 6.10 Å². The number of benzene rings is 1. The van der Waals surface area contributed by atoms with E-state index in [9.17, 15) is 19.8 Å². The molecule has 1 aromatic carbocycles. The van der Waals surface area contributed by atoms with Gasteiger partial charge in [-0.15, -0.1) is 0 Å². The fourth-order valence-corrected chi connectivity index (χ4v) is 2.24. The first kappa shape index (κ1) is 18.7. The van der Waals surface area contributed by atoms with E-state index in [4.69, 9.17) is 4.74 Å². The van der Waals surface area contributed by atoms with Crippen molar-refractivity contribution < 1.29 is 24.5 Å². The Morgan fingerprint density at radius 3 is 2.36 bits per heavy atom. The molecule has 0 amide bonds. The number of hydrogen-bond acceptors (Lipinski definition) is 6. The van der Waals surface area contributed by atoms with E-state index in [-0.39, 0.29) is 18.6 Å². The first-order chi connectivity index (χ1) is 10.5. The van der Waals surface area contributed by atoms with Crippen LogP contribution >= 0.6 is 12.6 Å². The second-order valence-corrected chi connectivity index (χ2v) is 5.32. The summed E-state index contributed by atoms with van der Waals surface area (Å²) in [4.78, 5) is 23.2. The number of aliphatic hydroxyl groups excluding tert-OH is 2. The van der Waals surface area contributed by atoms with Gasteiger partial charge in [-0.05, 0) is 24.7 Å². The molecule has 0 aromatic heterocycles. The van der Waals surface area contributed by atoms with Crippen molar-refractivity contribution in [3.8, 4) is 0 Å². The van der Waals surface area contributed by atoms with E-state index in [0.29, 0.717) is 29.9 Å². The summed E-state index contributed by atoms with van der Waals surface area (Å²) in [6.45, 7) is 2.01. The summed E-state index contributed by atoms with van der Waals surface area (Å²) in [7, 11) is 0. The van der Waals surface area contributed by atoms with Crippen LogP contribution in [0.5, 0.6) is 0 Å². The van der Waals surface area contributed by atoms with E-state index in [2.05, 4.69) is 12.6 Å². The van der Waals surface area contributed by atoms with E-state index in [1.165, 1.54) is 0 Å². The number of esters is 1. The van der Waals surface area contributed by atoms with Gasteiger partial charge in [0.05, 0.1) is 19.1 Å². The quantitative estimate of drug-likeness (QED) is 0.367. The Morgan fingerprint density at radius 2 is 1.82 bits per heavy atom. The number of carbonyl (C=O) groups excluding carboxylic acids is 2. The molecule has 2 N–H and O–H groups in total. The van der Waals surface area contributed by atoms with Crippen molar-refractivity contribution in [2.45, 2.75) is 38.4 Å². The van der Waals surface area contributed by atoms with E-state index >= 15 is 0 Å². The second-order valence-electron chi connectivity index (χ2n) is 4.87. The lowest BCUT2D eigenvalue weighted by Gasteiger charge is -2.17. The van der Waals surface area contributed by atoms with Crippen molar-refractivity contribution in [2.75, 3.05) is 12.4 Å². The van der Waals surface area contributed by atoms with Crippen molar-refractivity contribution in [3.05, 3.63) is 35.4 Å². The number of Topliss-reactive ketones (excluding diaryl/α,β-unsaturated/α-hetero) is 1. The Balaban J connectivity index is 2.60. The summed E-state index contributed by atoms with van der Waals surface area (Å²) in [5.74, 6) is -0.0781. The molecule has 0 spiro atoms. The number of rotatable bonds is 9. The molecule has 0 aliphatic rings. The molecule has 0 aliphatic heterocycles. The van der Waals surface area contributed by atoms with Crippen LogP contribution < -0.4 is 0 Å². The van der Waals surface area contributed by atoms with Gasteiger partial charge in [-0.25, -0.2) is 0 Å². The molecule has 6 heteroatoms.